The van der Waals surface area contributed by atoms with Crippen molar-refractivity contribution >= 4 is 11.6 Å². The lowest BCUT2D eigenvalue weighted by atomic mass is 9.96. The number of nitrogens with two attached hydrogens (primary N) is 1. The highest BCUT2D eigenvalue weighted by atomic mass is 35.5. The molecule has 19 heavy (non-hydrogen) atoms. The number of rotatable bonds is 4. The minimum absolute atomic E-state index is 0.00827. The predicted molar refractivity (Wildman–Crippen MR) is 77.4 cm³/mol. The third-order valence-electron chi connectivity index (χ3n) is 3.68. The Bertz CT molecular complexity index is 459. The zero-order chi connectivity index (χ0) is 13.7. The topological polar surface area (TPSA) is 38.0 Å². The van der Waals surface area contributed by atoms with Crippen molar-refractivity contribution < 1.29 is 4.39 Å². The molecule has 0 radical (unpaired) electrons. The van der Waals surface area contributed by atoms with E-state index in [4.69, 9.17) is 17.4 Å². The van der Waals surface area contributed by atoms with Crippen LogP contribution >= 0.6 is 11.6 Å². The third kappa shape index (κ3) is 3.78. The Kier molecular flexibility index (Phi) is 5.37. The van der Waals surface area contributed by atoms with Crippen molar-refractivity contribution in [3.63, 3.8) is 0 Å². The van der Waals surface area contributed by atoms with Crippen molar-refractivity contribution in [1.29, 1.82) is 0 Å². The first-order valence-corrected chi connectivity index (χ1v) is 7.18. The van der Waals surface area contributed by atoms with Gasteiger partial charge in [0.2, 0.25) is 0 Å². The van der Waals surface area contributed by atoms with Gasteiger partial charge in [-0.25, -0.2) is 4.39 Å². The minimum atomic E-state index is -0.335. The van der Waals surface area contributed by atoms with Crippen LogP contribution in [0.3, 0.4) is 0 Å². The maximum Gasteiger partial charge on any atom is 0.145 e. The molecule has 1 aliphatic carbocycles. The number of hydrogen-bond acceptors (Lipinski definition) is 2. The van der Waals surface area contributed by atoms with Gasteiger partial charge in [0, 0.05) is 6.04 Å². The highest BCUT2D eigenvalue weighted by Gasteiger charge is 2.17. The van der Waals surface area contributed by atoms with E-state index in [-0.39, 0.29) is 16.9 Å². The van der Waals surface area contributed by atoms with E-state index in [9.17, 15) is 4.39 Å². The molecule has 0 aromatic heterocycles. The first-order chi connectivity index (χ1) is 9.22. The van der Waals surface area contributed by atoms with Gasteiger partial charge in [-0.05, 0) is 43.7 Å². The summed E-state index contributed by atoms with van der Waals surface area (Å²) < 4.78 is 13.9. The van der Waals surface area contributed by atoms with Crippen molar-refractivity contribution in [1.82, 2.24) is 5.43 Å². The quantitative estimate of drug-likeness (QED) is 0.501. The van der Waals surface area contributed by atoms with Crippen molar-refractivity contribution in [3.05, 3.63) is 46.3 Å². The standard InChI is InChI=1S/C15H20ClFN2/c16-13-9-5-8-12(15(13)17)10-14(19-18)11-6-3-1-2-4-7-11/h5-6,8-9,14,19H,1-4,7,10,18H2. The molecule has 0 amide bonds. The number of allylic oxidation sites excluding steroid dienone is 1. The maximum atomic E-state index is 13.9. The lowest BCUT2D eigenvalue weighted by Gasteiger charge is -2.20. The summed E-state index contributed by atoms with van der Waals surface area (Å²) >= 11 is 5.81. The summed E-state index contributed by atoms with van der Waals surface area (Å²) in [5.74, 6) is 5.31. The molecule has 0 saturated carbocycles. The fraction of sp³-hybridized carbons (Fsp3) is 0.467. The molecule has 1 aromatic carbocycles. The van der Waals surface area contributed by atoms with Crippen LogP contribution in [0, 0.1) is 5.82 Å². The first kappa shape index (κ1) is 14.5. The fourth-order valence-electron chi connectivity index (χ4n) is 2.58. The molecule has 2 rings (SSSR count). The zero-order valence-electron chi connectivity index (χ0n) is 11.0. The molecule has 3 N–H and O–H groups in total. The van der Waals surface area contributed by atoms with Crippen molar-refractivity contribution in [2.45, 2.75) is 44.6 Å². The molecule has 2 nitrogen and oxygen atoms in total. The second-order valence-electron chi connectivity index (χ2n) is 5.01. The van der Waals surface area contributed by atoms with E-state index < -0.39 is 0 Å². The summed E-state index contributed by atoms with van der Waals surface area (Å²) in [5, 5.41) is 0.170. The van der Waals surface area contributed by atoms with Crippen LogP contribution < -0.4 is 11.3 Å². The van der Waals surface area contributed by atoms with Crippen LogP contribution in [-0.4, -0.2) is 6.04 Å². The predicted octanol–water partition coefficient (Wildman–Crippen LogP) is 3.74. The smallest absolute Gasteiger partial charge is 0.145 e. The van der Waals surface area contributed by atoms with E-state index in [1.165, 1.54) is 24.8 Å². The van der Waals surface area contributed by atoms with Crippen LogP contribution in [0.1, 0.15) is 37.7 Å². The van der Waals surface area contributed by atoms with Gasteiger partial charge in [-0.3, -0.25) is 11.3 Å². The number of nitrogens with one attached hydrogen (secondary N) is 1. The van der Waals surface area contributed by atoms with E-state index in [1.807, 2.05) is 0 Å². The maximum absolute atomic E-state index is 13.9. The summed E-state index contributed by atoms with van der Waals surface area (Å²) in [7, 11) is 0. The molecule has 1 aromatic rings. The molecule has 104 valence electrons. The minimum Gasteiger partial charge on any atom is -0.271 e. The Hall–Kier alpha value is -0.900. The molecule has 0 saturated heterocycles. The Morgan fingerprint density at radius 2 is 2.16 bits per heavy atom. The highest BCUT2D eigenvalue weighted by molar-refractivity contribution is 6.30. The van der Waals surface area contributed by atoms with Crippen molar-refractivity contribution in [2.24, 2.45) is 5.84 Å². The van der Waals surface area contributed by atoms with Gasteiger partial charge < -0.3 is 0 Å². The van der Waals surface area contributed by atoms with E-state index >= 15 is 0 Å². The molecule has 1 atom stereocenters. The van der Waals surface area contributed by atoms with Gasteiger partial charge in [0.1, 0.15) is 5.82 Å². The molecule has 0 spiro atoms. The van der Waals surface area contributed by atoms with Gasteiger partial charge in [-0.2, -0.15) is 0 Å². The van der Waals surface area contributed by atoms with Crippen molar-refractivity contribution in [2.75, 3.05) is 0 Å². The second-order valence-corrected chi connectivity index (χ2v) is 5.42. The van der Waals surface area contributed by atoms with E-state index in [2.05, 4.69) is 11.5 Å². The zero-order valence-corrected chi connectivity index (χ0v) is 11.7. The number of hydrazine groups is 1. The van der Waals surface area contributed by atoms with E-state index in [0.717, 1.165) is 12.8 Å². The molecule has 1 aliphatic rings. The monoisotopic (exact) mass is 282 g/mol. The van der Waals surface area contributed by atoms with Crippen LogP contribution in [0.4, 0.5) is 4.39 Å². The second kappa shape index (κ2) is 7.04. The molecule has 1 unspecified atom stereocenters. The van der Waals surface area contributed by atoms with Crippen molar-refractivity contribution in [3.8, 4) is 0 Å². The van der Waals surface area contributed by atoms with Gasteiger partial charge in [0.05, 0.1) is 5.02 Å². The average molecular weight is 283 g/mol. The number of halogens is 2. The lowest BCUT2D eigenvalue weighted by molar-refractivity contribution is 0.541. The van der Waals surface area contributed by atoms with Gasteiger partial charge in [0.25, 0.3) is 0 Å². The van der Waals surface area contributed by atoms with Crippen LogP contribution in [0.2, 0.25) is 5.02 Å². The molecule has 4 heteroatoms. The molecule has 0 fully saturated rings. The molecule has 0 aliphatic heterocycles. The summed E-state index contributed by atoms with van der Waals surface area (Å²) in [6, 6.07) is 5.10. The highest BCUT2D eigenvalue weighted by Crippen LogP contribution is 2.24. The first-order valence-electron chi connectivity index (χ1n) is 6.80. The average Bonchev–Trinajstić information content (AvgIpc) is 2.69. The van der Waals surface area contributed by atoms with E-state index in [1.54, 1.807) is 18.2 Å². The summed E-state index contributed by atoms with van der Waals surface area (Å²) in [6.07, 6.45) is 8.58. The number of benzene rings is 1. The summed E-state index contributed by atoms with van der Waals surface area (Å²) in [5.41, 5.74) is 4.72. The van der Waals surface area contributed by atoms with Gasteiger partial charge in [0.15, 0.2) is 0 Å². The molecular weight excluding hydrogens is 263 g/mol. The van der Waals surface area contributed by atoms with Crippen LogP contribution in [0.25, 0.3) is 0 Å². The molecular formula is C15H20ClFN2. The largest absolute Gasteiger partial charge is 0.271 e. The SMILES string of the molecule is NNC(Cc1cccc(Cl)c1F)C1=CCCCCC1. The van der Waals surface area contributed by atoms with Gasteiger partial charge >= 0.3 is 0 Å². The molecule has 0 bridgehead atoms. The van der Waals surface area contributed by atoms with Crippen LogP contribution in [0.15, 0.2) is 29.8 Å². The van der Waals surface area contributed by atoms with Crippen LogP contribution in [-0.2, 0) is 6.42 Å². The Balaban J connectivity index is 2.14. The lowest BCUT2D eigenvalue weighted by Crippen LogP contribution is -2.38. The Labute approximate surface area is 118 Å². The molecule has 0 heterocycles. The van der Waals surface area contributed by atoms with Gasteiger partial charge in [-0.1, -0.05) is 41.8 Å². The normalized spacial score (nSPS) is 17.7. The summed E-state index contributed by atoms with van der Waals surface area (Å²) in [4.78, 5) is 0. The Morgan fingerprint density at radius 3 is 2.95 bits per heavy atom. The van der Waals surface area contributed by atoms with E-state index in [0.29, 0.717) is 12.0 Å². The van der Waals surface area contributed by atoms with Gasteiger partial charge in [-0.15, -0.1) is 0 Å². The third-order valence-corrected chi connectivity index (χ3v) is 3.97. The fourth-order valence-corrected chi connectivity index (χ4v) is 2.77. The number of hydrogen-bond donors (Lipinski definition) is 2. The Morgan fingerprint density at radius 1 is 1.32 bits per heavy atom. The van der Waals surface area contributed by atoms with Crippen LogP contribution in [0.5, 0.6) is 0 Å². The summed E-state index contributed by atoms with van der Waals surface area (Å²) in [6.45, 7) is 0.